The predicted molar refractivity (Wildman–Crippen MR) is 108 cm³/mol. The van der Waals surface area contributed by atoms with Crippen LogP contribution in [0.15, 0.2) is 53.9 Å². The zero-order valence-corrected chi connectivity index (χ0v) is 16.8. The highest BCUT2D eigenvalue weighted by molar-refractivity contribution is 7.09. The van der Waals surface area contributed by atoms with Crippen molar-refractivity contribution in [2.75, 3.05) is 0 Å². The third-order valence-corrected chi connectivity index (χ3v) is 4.95. The van der Waals surface area contributed by atoms with Crippen LogP contribution < -0.4 is 4.74 Å². The zero-order valence-electron chi connectivity index (χ0n) is 16.0. The van der Waals surface area contributed by atoms with E-state index in [4.69, 9.17) is 9.47 Å². The van der Waals surface area contributed by atoms with Crippen LogP contribution in [-0.2, 0) is 11.3 Å². The number of hydrogen-bond donors (Lipinski definition) is 0. The number of aryl methyl sites for hydroxylation is 2. The number of rotatable bonds is 7. The molecule has 3 aromatic rings. The molecule has 0 aliphatic carbocycles. The van der Waals surface area contributed by atoms with Crippen LogP contribution in [-0.4, -0.2) is 22.8 Å². The topological polar surface area (TPSA) is 65.5 Å². The lowest BCUT2D eigenvalue weighted by Crippen LogP contribution is -2.24. The van der Waals surface area contributed by atoms with E-state index in [2.05, 4.69) is 4.98 Å². The average Bonchev–Trinajstić information content (AvgIpc) is 3.12. The molecule has 2 aromatic carbocycles. The molecule has 0 saturated carbocycles. The molecule has 0 fully saturated rings. The summed E-state index contributed by atoms with van der Waals surface area (Å²) in [6, 6.07) is 13.8. The Morgan fingerprint density at radius 2 is 1.64 bits per heavy atom. The maximum Gasteiger partial charge on any atom is 0.338 e. The highest BCUT2D eigenvalue weighted by Crippen LogP contribution is 2.17. The standard InChI is InChI=1S/C22H21NO4S/c1-14-4-6-17(7-5-14)21(24)15(2)27-22(25)18-8-10-20(11-9-18)26-12-19-13-28-16(3)23-19/h4-11,13,15H,12H2,1-3H3/t15-/m0/s1. The van der Waals surface area contributed by atoms with Gasteiger partial charge in [-0.1, -0.05) is 29.8 Å². The van der Waals surface area contributed by atoms with Crippen molar-refractivity contribution in [2.24, 2.45) is 0 Å². The Morgan fingerprint density at radius 1 is 1.00 bits per heavy atom. The third kappa shape index (κ3) is 5.04. The highest BCUT2D eigenvalue weighted by atomic mass is 32.1. The number of Topliss-reactive ketones (excluding diaryl/α,β-unsaturated/α-hetero) is 1. The Balaban J connectivity index is 1.56. The van der Waals surface area contributed by atoms with E-state index >= 15 is 0 Å². The van der Waals surface area contributed by atoms with Crippen LogP contribution in [0.2, 0.25) is 0 Å². The summed E-state index contributed by atoms with van der Waals surface area (Å²) in [6.07, 6.45) is -0.862. The first-order valence-electron chi connectivity index (χ1n) is 8.88. The van der Waals surface area contributed by atoms with Crippen LogP contribution >= 0.6 is 11.3 Å². The minimum Gasteiger partial charge on any atom is -0.487 e. The van der Waals surface area contributed by atoms with Gasteiger partial charge in [-0.15, -0.1) is 11.3 Å². The Hall–Kier alpha value is -2.99. The monoisotopic (exact) mass is 395 g/mol. The number of benzene rings is 2. The van der Waals surface area contributed by atoms with Crippen molar-refractivity contribution in [3.63, 3.8) is 0 Å². The Bertz CT molecular complexity index is 961. The number of esters is 1. The first kappa shape index (κ1) is 19.8. The maximum absolute atomic E-state index is 12.4. The fourth-order valence-electron chi connectivity index (χ4n) is 2.55. The second-order valence-corrected chi connectivity index (χ2v) is 7.51. The van der Waals surface area contributed by atoms with Gasteiger partial charge in [-0.2, -0.15) is 0 Å². The van der Waals surface area contributed by atoms with Crippen molar-refractivity contribution in [3.05, 3.63) is 81.3 Å². The smallest absolute Gasteiger partial charge is 0.338 e. The van der Waals surface area contributed by atoms with Crippen molar-refractivity contribution in [2.45, 2.75) is 33.5 Å². The van der Waals surface area contributed by atoms with Gasteiger partial charge in [0.25, 0.3) is 0 Å². The third-order valence-electron chi connectivity index (χ3n) is 4.13. The van der Waals surface area contributed by atoms with Crippen molar-refractivity contribution < 1.29 is 19.1 Å². The quantitative estimate of drug-likeness (QED) is 0.426. The summed E-state index contributed by atoms with van der Waals surface area (Å²) < 4.78 is 11.0. The number of aromatic nitrogens is 1. The van der Waals surface area contributed by atoms with Gasteiger partial charge < -0.3 is 9.47 Å². The number of carbonyl (C=O) groups excluding carboxylic acids is 2. The largest absolute Gasteiger partial charge is 0.487 e. The van der Waals surface area contributed by atoms with Crippen LogP contribution in [0.25, 0.3) is 0 Å². The molecule has 6 heteroatoms. The van der Waals surface area contributed by atoms with Crippen molar-refractivity contribution in [3.8, 4) is 5.75 Å². The van der Waals surface area contributed by atoms with Gasteiger partial charge in [0.1, 0.15) is 12.4 Å². The number of thiazole rings is 1. The van der Waals surface area contributed by atoms with Crippen molar-refractivity contribution in [1.29, 1.82) is 0 Å². The molecular formula is C22H21NO4S. The van der Waals surface area contributed by atoms with Crippen LogP contribution in [0.3, 0.4) is 0 Å². The van der Waals surface area contributed by atoms with Gasteiger partial charge in [-0.3, -0.25) is 4.79 Å². The molecule has 0 saturated heterocycles. The molecule has 0 aliphatic heterocycles. The summed E-state index contributed by atoms with van der Waals surface area (Å²) in [6.45, 7) is 5.84. The zero-order chi connectivity index (χ0) is 20.1. The summed E-state index contributed by atoms with van der Waals surface area (Å²) in [7, 11) is 0. The number of ketones is 1. The van der Waals surface area contributed by atoms with Crippen molar-refractivity contribution in [1.82, 2.24) is 4.98 Å². The van der Waals surface area contributed by atoms with Gasteiger partial charge in [0, 0.05) is 10.9 Å². The molecule has 0 N–H and O–H groups in total. The van der Waals surface area contributed by atoms with E-state index in [1.54, 1.807) is 54.7 Å². The van der Waals surface area contributed by atoms with Gasteiger partial charge in [0.15, 0.2) is 6.10 Å². The van der Waals surface area contributed by atoms with Gasteiger partial charge in [-0.05, 0) is 45.0 Å². The summed E-state index contributed by atoms with van der Waals surface area (Å²) in [4.78, 5) is 29.0. The van der Waals surface area contributed by atoms with Gasteiger partial charge in [0.2, 0.25) is 5.78 Å². The van der Waals surface area contributed by atoms with Gasteiger partial charge in [-0.25, -0.2) is 9.78 Å². The average molecular weight is 395 g/mol. The number of carbonyl (C=O) groups is 2. The van der Waals surface area contributed by atoms with Crippen LogP contribution in [0.4, 0.5) is 0 Å². The van der Waals surface area contributed by atoms with E-state index in [9.17, 15) is 9.59 Å². The Kier molecular flexibility index (Phi) is 6.21. The normalized spacial score (nSPS) is 11.7. The molecule has 1 aromatic heterocycles. The summed E-state index contributed by atoms with van der Waals surface area (Å²) in [5.41, 5.74) is 2.81. The fraction of sp³-hybridized carbons (Fsp3) is 0.227. The predicted octanol–water partition coefficient (Wildman–Crippen LogP) is 4.77. The number of hydrogen-bond acceptors (Lipinski definition) is 6. The molecule has 1 heterocycles. The lowest BCUT2D eigenvalue weighted by Gasteiger charge is -2.13. The highest BCUT2D eigenvalue weighted by Gasteiger charge is 2.20. The van der Waals surface area contributed by atoms with Crippen molar-refractivity contribution >= 4 is 23.1 Å². The van der Waals surface area contributed by atoms with Crippen LogP contribution in [0, 0.1) is 13.8 Å². The first-order chi connectivity index (χ1) is 13.4. The fourth-order valence-corrected chi connectivity index (χ4v) is 3.15. The number of ether oxygens (including phenoxy) is 2. The first-order valence-corrected chi connectivity index (χ1v) is 9.76. The molecule has 0 unspecified atom stereocenters. The Morgan fingerprint density at radius 3 is 2.25 bits per heavy atom. The van der Waals surface area contributed by atoms with E-state index in [0.29, 0.717) is 23.5 Å². The second-order valence-electron chi connectivity index (χ2n) is 6.45. The van der Waals surface area contributed by atoms with Crippen LogP contribution in [0.1, 0.15) is 43.9 Å². The summed E-state index contributed by atoms with van der Waals surface area (Å²) >= 11 is 1.57. The molecule has 1 atom stereocenters. The molecule has 28 heavy (non-hydrogen) atoms. The van der Waals surface area contributed by atoms with Gasteiger partial charge in [0.05, 0.1) is 16.3 Å². The second kappa shape index (κ2) is 8.80. The summed E-state index contributed by atoms with van der Waals surface area (Å²) in [5.74, 6) is -0.146. The molecule has 0 spiro atoms. The van der Waals surface area contributed by atoms with E-state index in [0.717, 1.165) is 16.3 Å². The number of nitrogens with zero attached hydrogens (tertiary/aromatic N) is 1. The Labute approximate surface area is 168 Å². The molecule has 0 radical (unpaired) electrons. The summed E-state index contributed by atoms with van der Waals surface area (Å²) in [5, 5.41) is 2.94. The molecule has 144 valence electrons. The van der Waals surface area contributed by atoms with Crippen LogP contribution in [0.5, 0.6) is 5.75 Å². The van der Waals surface area contributed by atoms with E-state index in [-0.39, 0.29) is 5.78 Å². The maximum atomic E-state index is 12.4. The molecule has 3 rings (SSSR count). The molecular weight excluding hydrogens is 374 g/mol. The lowest BCUT2D eigenvalue weighted by molar-refractivity contribution is 0.0319. The van der Waals surface area contributed by atoms with Gasteiger partial charge >= 0.3 is 5.97 Å². The minimum absolute atomic E-state index is 0.230. The molecule has 0 aliphatic rings. The SMILES string of the molecule is Cc1ccc(C(=O)[C@H](C)OC(=O)c2ccc(OCc3csc(C)n3)cc2)cc1. The van der Waals surface area contributed by atoms with E-state index in [1.807, 2.05) is 31.4 Å². The molecule has 5 nitrogen and oxygen atoms in total. The molecule has 0 amide bonds. The lowest BCUT2D eigenvalue weighted by atomic mass is 10.1. The minimum atomic E-state index is -0.862. The van der Waals surface area contributed by atoms with E-state index < -0.39 is 12.1 Å². The van der Waals surface area contributed by atoms with E-state index in [1.165, 1.54) is 0 Å². The molecule has 0 bridgehead atoms.